The molecule has 8 heteroatoms. The van der Waals surface area contributed by atoms with Crippen LogP contribution >= 0.6 is 11.3 Å². The SMILES string of the molecule is CC(C)(NC1CCC2(C1)CN(c1ncnc3sc(CC(F)(F)F)cc13)C2)c1ccccc1. The van der Waals surface area contributed by atoms with Crippen LogP contribution in [0.15, 0.2) is 42.7 Å². The van der Waals surface area contributed by atoms with E-state index < -0.39 is 12.6 Å². The van der Waals surface area contributed by atoms with Gasteiger partial charge in [0.05, 0.1) is 11.8 Å². The molecule has 1 aliphatic heterocycles. The standard InChI is InChI=1S/C24H27F3N4S/c1-22(2,16-6-4-3-5-7-16)30-17-8-9-23(11-17)13-31(14-23)20-19-10-18(12-24(25,26)27)32-21(19)29-15-28-20/h3-7,10,15,17,30H,8-9,11-14H2,1-2H3. The second-order valence-corrected chi connectivity index (χ2v) is 11.0. The Morgan fingerprint density at radius 2 is 1.91 bits per heavy atom. The summed E-state index contributed by atoms with van der Waals surface area (Å²) in [7, 11) is 0. The molecule has 1 unspecified atom stereocenters. The van der Waals surface area contributed by atoms with Crippen LogP contribution in [-0.4, -0.2) is 35.3 Å². The first-order valence-corrected chi connectivity index (χ1v) is 11.8. The Morgan fingerprint density at radius 1 is 1.16 bits per heavy atom. The number of rotatable bonds is 5. The Balaban J connectivity index is 1.26. The third-order valence-electron chi connectivity index (χ3n) is 6.85. The Kier molecular flexibility index (Phi) is 5.21. The van der Waals surface area contributed by atoms with Gasteiger partial charge in [-0.05, 0) is 44.7 Å². The van der Waals surface area contributed by atoms with Crippen molar-refractivity contribution in [3.05, 3.63) is 53.2 Å². The van der Waals surface area contributed by atoms with Crippen molar-refractivity contribution in [2.24, 2.45) is 5.41 Å². The van der Waals surface area contributed by atoms with Gasteiger partial charge < -0.3 is 10.2 Å². The Labute approximate surface area is 189 Å². The minimum atomic E-state index is -4.21. The smallest absolute Gasteiger partial charge is 0.355 e. The van der Waals surface area contributed by atoms with Gasteiger partial charge in [0, 0.05) is 35.0 Å². The van der Waals surface area contributed by atoms with Gasteiger partial charge in [0.25, 0.3) is 0 Å². The van der Waals surface area contributed by atoms with Crippen LogP contribution in [0.1, 0.15) is 43.6 Å². The van der Waals surface area contributed by atoms with Crippen LogP contribution < -0.4 is 10.2 Å². The number of nitrogens with zero attached hydrogens (tertiary/aromatic N) is 3. The summed E-state index contributed by atoms with van der Waals surface area (Å²) in [6.45, 7) is 6.25. The van der Waals surface area contributed by atoms with E-state index in [0.29, 0.717) is 10.9 Å². The summed E-state index contributed by atoms with van der Waals surface area (Å²) in [5, 5.41) is 4.60. The number of halogens is 3. The van der Waals surface area contributed by atoms with Crippen molar-refractivity contribution in [1.82, 2.24) is 15.3 Å². The molecule has 1 aliphatic carbocycles. The number of alkyl halides is 3. The molecule has 1 saturated carbocycles. The molecule has 1 spiro atoms. The lowest BCUT2D eigenvalue weighted by molar-refractivity contribution is -0.126. The number of fused-ring (bicyclic) bond motifs is 1. The van der Waals surface area contributed by atoms with Crippen molar-refractivity contribution in [2.45, 2.75) is 57.3 Å². The maximum atomic E-state index is 12.8. The molecule has 0 bridgehead atoms. The molecule has 170 valence electrons. The maximum absolute atomic E-state index is 12.8. The first-order valence-electron chi connectivity index (χ1n) is 11.0. The van der Waals surface area contributed by atoms with Crippen LogP contribution in [0.3, 0.4) is 0 Å². The number of nitrogens with one attached hydrogen (secondary N) is 1. The second-order valence-electron chi connectivity index (χ2n) is 9.85. The molecule has 0 radical (unpaired) electrons. The molecule has 2 fully saturated rings. The molecule has 3 heterocycles. The summed E-state index contributed by atoms with van der Waals surface area (Å²) < 4.78 is 38.5. The lowest BCUT2D eigenvalue weighted by Gasteiger charge is -2.49. The summed E-state index contributed by atoms with van der Waals surface area (Å²) in [6, 6.07) is 12.6. The molecular formula is C24H27F3N4S. The lowest BCUT2D eigenvalue weighted by atomic mass is 9.78. The van der Waals surface area contributed by atoms with Crippen molar-refractivity contribution in [2.75, 3.05) is 18.0 Å². The van der Waals surface area contributed by atoms with Crippen molar-refractivity contribution in [3.8, 4) is 0 Å². The average molecular weight is 461 g/mol. The minimum Gasteiger partial charge on any atom is -0.355 e. The molecular weight excluding hydrogens is 433 g/mol. The molecule has 32 heavy (non-hydrogen) atoms. The normalized spacial score (nSPS) is 20.8. The molecule has 2 aliphatic rings. The third-order valence-corrected chi connectivity index (χ3v) is 7.89. The largest absolute Gasteiger partial charge is 0.393 e. The minimum absolute atomic E-state index is 0.0920. The van der Waals surface area contributed by atoms with Crippen LogP contribution in [-0.2, 0) is 12.0 Å². The molecule has 1 atom stereocenters. The zero-order valence-corrected chi connectivity index (χ0v) is 19.1. The highest BCUT2D eigenvalue weighted by Gasteiger charge is 2.49. The molecule has 3 aromatic rings. The fraction of sp³-hybridized carbons (Fsp3) is 0.500. The van der Waals surface area contributed by atoms with Crippen LogP contribution in [0.25, 0.3) is 10.2 Å². The van der Waals surface area contributed by atoms with Crippen molar-refractivity contribution in [3.63, 3.8) is 0 Å². The lowest BCUT2D eigenvalue weighted by Crippen LogP contribution is -2.56. The fourth-order valence-electron chi connectivity index (χ4n) is 5.41. The molecule has 2 aromatic heterocycles. The highest BCUT2D eigenvalue weighted by Crippen LogP contribution is 2.48. The average Bonchev–Trinajstić information content (AvgIpc) is 3.29. The van der Waals surface area contributed by atoms with Gasteiger partial charge in [-0.25, -0.2) is 9.97 Å². The molecule has 4 nitrogen and oxygen atoms in total. The number of anilines is 1. The first kappa shape index (κ1) is 21.6. The summed E-state index contributed by atoms with van der Waals surface area (Å²) in [5.74, 6) is 0.770. The van der Waals surface area contributed by atoms with E-state index in [2.05, 4.69) is 58.3 Å². The highest BCUT2D eigenvalue weighted by molar-refractivity contribution is 7.18. The molecule has 5 rings (SSSR count). The van der Waals surface area contributed by atoms with Crippen LogP contribution in [0.5, 0.6) is 0 Å². The first-order chi connectivity index (χ1) is 15.1. The second kappa shape index (κ2) is 7.70. The molecule has 1 aromatic carbocycles. The van der Waals surface area contributed by atoms with Gasteiger partial charge in [0.2, 0.25) is 0 Å². The summed E-state index contributed by atoms with van der Waals surface area (Å²) in [5.41, 5.74) is 1.45. The number of aromatic nitrogens is 2. The topological polar surface area (TPSA) is 41.0 Å². The van der Waals surface area contributed by atoms with Crippen molar-refractivity contribution < 1.29 is 13.2 Å². The van der Waals surface area contributed by atoms with Crippen molar-refractivity contribution in [1.29, 1.82) is 0 Å². The van der Waals surface area contributed by atoms with Crippen LogP contribution in [0.2, 0.25) is 0 Å². The quantitative estimate of drug-likeness (QED) is 0.532. The van der Waals surface area contributed by atoms with Gasteiger partial charge in [-0.1, -0.05) is 30.3 Å². The zero-order chi connectivity index (χ0) is 22.6. The Hall–Kier alpha value is -2.19. The van der Waals surface area contributed by atoms with E-state index in [-0.39, 0.29) is 15.8 Å². The third kappa shape index (κ3) is 4.22. The predicted octanol–water partition coefficient (Wildman–Crippen LogP) is 5.68. The van der Waals surface area contributed by atoms with Gasteiger partial charge >= 0.3 is 6.18 Å². The number of hydrogen-bond acceptors (Lipinski definition) is 5. The van der Waals surface area contributed by atoms with Gasteiger partial charge in [-0.3, -0.25) is 0 Å². The highest BCUT2D eigenvalue weighted by atomic mass is 32.1. The molecule has 1 saturated heterocycles. The van der Waals surface area contributed by atoms with Gasteiger partial charge in [0.1, 0.15) is 17.0 Å². The molecule has 0 amide bonds. The van der Waals surface area contributed by atoms with Crippen molar-refractivity contribution >= 4 is 27.4 Å². The number of benzene rings is 1. The number of hydrogen-bond donors (Lipinski definition) is 1. The summed E-state index contributed by atoms with van der Waals surface area (Å²) in [4.78, 5) is 11.8. The number of thiophene rings is 1. The van der Waals surface area contributed by atoms with E-state index in [9.17, 15) is 13.2 Å². The zero-order valence-electron chi connectivity index (χ0n) is 18.2. The van der Waals surface area contributed by atoms with E-state index in [1.807, 2.05) is 6.07 Å². The fourth-order valence-corrected chi connectivity index (χ4v) is 6.43. The van der Waals surface area contributed by atoms with E-state index in [1.165, 1.54) is 11.9 Å². The van der Waals surface area contributed by atoms with Crippen LogP contribution in [0, 0.1) is 5.41 Å². The van der Waals surface area contributed by atoms with Gasteiger partial charge in [0.15, 0.2) is 0 Å². The van der Waals surface area contributed by atoms with E-state index >= 15 is 0 Å². The van der Waals surface area contributed by atoms with E-state index in [0.717, 1.165) is 54.9 Å². The predicted molar refractivity (Wildman–Crippen MR) is 122 cm³/mol. The van der Waals surface area contributed by atoms with E-state index in [1.54, 1.807) is 6.07 Å². The Bertz CT molecular complexity index is 1100. The summed E-state index contributed by atoms with van der Waals surface area (Å²) in [6.07, 6.45) is -0.258. The molecule has 1 N–H and O–H groups in total. The monoisotopic (exact) mass is 460 g/mol. The Morgan fingerprint density at radius 3 is 2.62 bits per heavy atom. The van der Waals surface area contributed by atoms with Crippen LogP contribution in [0.4, 0.5) is 19.0 Å². The maximum Gasteiger partial charge on any atom is 0.393 e. The van der Waals surface area contributed by atoms with Gasteiger partial charge in [-0.15, -0.1) is 11.3 Å². The summed E-state index contributed by atoms with van der Waals surface area (Å²) >= 11 is 1.11. The van der Waals surface area contributed by atoms with E-state index in [4.69, 9.17) is 0 Å². The van der Waals surface area contributed by atoms with Gasteiger partial charge in [-0.2, -0.15) is 13.2 Å².